The van der Waals surface area contributed by atoms with Gasteiger partial charge in [0.2, 0.25) is 0 Å². The highest BCUT2D eigenvalue weighted by Crippen LogP contribution is 2.39. The van der Waals surface area contributed by atoms with E-state index in [9.17, 15) is 14.7 Å². The summed E-state index contributed by atoms with van der Waals surface area (Å²) in [5.41, 5.74) is -0.647. The molecule has 8 heteroatoms. The van der Waals surface area contributed by atoms with Gasteiger partial charge in [0.25, 0.3) is 0 Å². The van der Waals surface area contributed by atoms with Crippen molar-refractivity contribution in [3.63, 3.8) is 0 Å². The van der Waals surface area contributed by atoms with Crippen molar-refractivity contribution in [2.45, 2.75) is 103 Å². The molecule has 1 aliphatic rings. The number of likely N-dealkylation sites (tertiary alicyclic amines) is 1. The van der Waals surface area contributed by atoms with Gasteiger partial charge in [-0.1, -0.05) is 20.8 Å². The predicted molar refractivity (Wildman–Crippen MR) is 111 cm³/mol. The molecule has 0 aromatic heterocycles. The molecular weight excluding hydrogens is 378 g/mol. The lowest BCUT2D eigenvalue weighted by atomic mass is 10.0. The second kappa shape index (κ2) is 9.13. The maximum absolute atomic E-state index is 12.7. The Bertz CT molecular complexity index is 552. The summed E-state index contributed by atoms with van der Waals surface area (Å²) in [5.74, 6) is -0.479. The monoisotopic (exact) mass is 417 g/mol. The van der Waals surface area contributed by atoms with Gasteiger partial charge in [0.15, 0.2) is 8.32 Å². The summed E-state index contributed by atoms with van der Waals surface area (Å²) in [6, 6.07) is -0.547. The van der Waals surface area contributed by atoms with E-state index in [-0.39, 0.29) is 24.2 Å². The van der Waals surface area contributed by atoms with Crippen molar-refractivity contribution in [1.29, 1.82) is 0 Å². The van der Waals surface area contributed by atoms with E-state index in [1.54, 1.807) is 27.7 Å². The third kappa shape index (κ3) is 7.04. The fourth-order valence-corrected chi connectivity index (χ4v) is 4.28. The molecule has 1 amide bonds. The molecule has 1 fully saturated rings. The molecule has 0 aromatic rings. The molecule has 0 aromatic carbocycles. The highest BCUT2D eigenvalue weighted by molar-refractivity contribution is 6.74. The first-order valence-electron chi connectivity index (χ1n) is 10.1. The molecule has 0 spiro atoms. The van der Waals surface area contributed by atoms with E-state index in [4.69, 9.17) is 13.9 Å². The van der Waals surface area contributed by atoms with Crippen LogP contribution in [-0.2, 0) is 18.7 Å². The first-order chi connectivity index (χ1) is 12.6. The van der Waals surface area contributed by atoms with Crippen LogP contribution >= 0.6 is 0 Å². The van der Waals surface area contributed by atoms with Crippen LogP contribution in [0.4, 0.5) is 4.79 Å². The van der Waals surface area contributed by atoms with E-state index in [0.717, 1.165) is 0 Å². The van der Waals surface area contributed by atoms with Gasteiger partial charge < -0.3 is 19.0 Å². The molecule has 0 aliphatic carbocycles. The Morgan fingerprint density at radius 1 is 1.18 bits per heavy atom. The maximum atomic E-state index is 12.7. The summed E-state index contributed by atoms with van der Waals surface area (Å²) in [4.78, 5) is 26.1. The molecule has 1 aliphatic heterocycles. The fourth-order valence-electron chi connectivity index (χ4n) is 2.93. The Balaban J connectivity index is 2.98. The number of hydrogen-bond donors (Lipinski definition) is 1. The molecule has 7 nitrogen and oxygen atoms in total. The Morgan fingerprint density at radius 2 is 1.75 bits per heavy atom. The molecule has 0 unspecified atom stereocenters. The van der Waals surface area contributed by atoms with Crippen LogP contribution in [0.25, 0.3) is 0 Å². The zero-order valence-corrected chi connectivity index (χ0v) is 20.0. The van der Waals surface area contributed by atoms with Gasteiger partial charge in [0, 0.05) is 6.54 Å². The molecule has 28 heavy (non-hydrogen) atoms. The molecule has 0 saturated carbocycles. The topological polar surface area (TPSA) is 85.3 Å². The van der Waals surface area contributed by atoms with Crippen molar-refractivity contribution in [2.24, 2.45) is 0 Å². The largest absolute Gasteiger partial charge is 0.466 e. The van der Waals surface area contributed by atoms with E-state index < -0.39 is 38.1 Å². The first-order valence-corrected chi connectivity index (χ1v) is 13.0. The predicted octanol–water partition coefficient (Wildman–Crippen LogP) is 3.70. The second-order valence-electron chi connectivity index (χ2n) is 10.0. The van der Waals surface area contributed by atoms with Crippen LogP contribution in [0.3, 0.4) is 0 Å². The zero-order valence-electron chi connectivity index (χ0n) is 19.0. The molecule has 0 bridgehead atoms. The lowest BCUT2D eigenvalue weighted by molar-refractivity contribution is -0.146. The van der Waals surface area contributed by atoms with E-state index >= 15 is 0 Å². The Hall–Kier alpha value is -1.12. The Morgan fingerprint density at radius 3 is 2.21 bits per heavy atom. The van der Waals surface area contributed by atoms with Crippen molar-refractivity contribution in [1.82, 2.24) is 4.90 Å². The average molecular weight is 418 g/mol. The quantitative estimate of drug-likeness (QED) is 0.524. The van der Waals surface area contributed by atoms with E-state index in [1.807, 2.05) is 0 Å². The van der Waals surface area contributed by atoms with Crippen molar-refractivity contribution in [2.75, 3.05) is 13.2 Å². The minimum absolute atomic E-state index is 0.0331. The van der Waals surface area contributed by atoms with Crippen LogP contribution in [0.2, 0.25) is 18.1 Å². The standard InChI is InChI=1S/C20H39NO6Si/c1-10-25-17(23)12-16(22)15-11-14(27-28(8,9)20(5,6)7)13-21(15)18(24)26-19(2,3)4/h14-16,22H,10-13H2,1-9H3/t14-,15+,16-/m1/s1. The minimum Gasteiger partial charge on any atom is -0.466 e. The summed E-state index contributed by atoms with van der Waals surface area (Å²) >= 11 is 0. The van der Waals surface area contributed by atoms with Crippen molar-refractivity contribution in [3.8, 4) is 0 Å². The smallest absolute Gasteiger partial charge is 0.410 e. The average Bonchev–Trinajstić information content (AvgIpc) is 2.87. The summed E-state index contributed by atoms with van der Waals surface area (Å²) in [5, 5.41) is 10.7. The number of ether oxygens (including phenoxy) is 2. The maximum Gasteiger partial charge on any atom is 0.410 e. The SMILES string of the molecule is CCOC(=O)C[C@@H](O)[C@@H]1C[C@@H](O[Si](C)(C)C(C)(C)C)CN1C(=O)OC(C)(C)C. The summed E-state index contributed by atoms with van der Waals surface area (Å²) in [7, 11) is -2.04. The zero-order chi connectivity index (χ0) is 21.9. The van der Waals surface area contributed by atoms with Crippen LogP contribution in [0.15, 0.2) is 0 Å². The number of rotatable bonds is 6. The number of aliphatic hydroxyl groups is 1. The second-order valence-corrected chi connectivity index (χ2v) is 14.8. The van der Waals surface area contributed by atoms with Crippen LogP contribution in [0, 0.1) is 0 Å². The molecule has 1 heterocycles. The van der Waals surface area contributed by atoms with Crippen molar-refractivity contribution >= 4 is 20.4 Å². The number of carbonyl (C=O) groups excluding carboxylic acids is 2. The van der Waals surface area contributed by atoms with Gasteiger partial charge in [0.1, 0.15) is 5.60 Å². The fraction of sp³-hybridized carbons (Fsp3) is 0.900. The lowest BCUT2D eigenvalue weighted by Gasteiger charge is -2.38. The Labute approximate surface area is 170 Å². The van der Waals surface area contributed by atoms with E-state index in [0.29, 0.717) is 13.0 Å². The number of nitrogens with zero attached hydrogens (tertiary/aromatic N) is 1. The van der Waals surface area contributed by atoms with Gasteiger partial charge in [-0.2, -0.15) is 0 Å². The first kappa shape index (κ1) is 24.9. The van der Waals surface area contributed by atoms with Gasteiger partial charge in [-0.05, 0) is 52.2 Å². The van der Waals surface area contributed by atoms with Gasteiger partial charge in [-0.15, -0.1) is 0 Å². The van der Waals surface area contributed by atoms with Crippen LogP contribution in [0.1, 0.15) is 61.3 Å². The summed E-state index contributed by atoms with van der Waals surface area (Å²) < 4.78 is 16.9. The third-order valence-corrected chi connectivity index (χ3v) is 9.86. The summed E-state index contributed by atoms with van der Waals surface area (Å²) in [6.45, 7) is 18.5. The van der Waals surface area contributed by atoms with Gasteiger partial charge in [-0.25, -0.2) is 4.79 Å². The molecule has 1 rings (SSSR count). The lowest BCUT2D eigenvalue weighted by Crippen LogP contribution is -2.46. The highest BCUT2D eigenvalue weighted by Gasteiger charge is 2.46. The highest BCUT2D eigenvalue weighted by atomic mass is 28.4. The number of carbonyl (C=O) groups is 2. The third-order valence-electron chi connectivity index (χ3n) is 5.33. The van der Waals surface area contributed by atoms with E-state index in [2.05, 4.69) is 33.9 Å². The molecule has 0 radical (unpaired) electrons. The van der Waals surface area contributed by atoms with Gasteiger partial charge in [0.05, 0.1) is 31.3 Å². The molecule has 1 N–H and O–H groups in total. The molecular formula is C20H39NO6Si. The van der Waals surface area contributed by atoms with Crippen LogP contribution in [0.5, 0.6) is 0 Å². The van der Waals surface area contributed by atoms with Crippen LogP contribution < -0.4 is 0 Å². The normalized spacial score (nSPS) is 22.1. The van der Waals surface area contributed by atoms with Gasteiger partial charge >= 0.3 is 12.1 Å². The van der Waals surface area contributed by atoms with E-state index in [1.165, 1.54) is 4.90 Å². The Kier molecular flexibility index (Phi) is 8.13. The molecule has 3 atom stereocenters. The number of amides is 1. The minimum atomic E-state index is -2.04. The number of hydrogen-bond acceptors (Lipinski definition) is 6. The molecule has 1 saturated heterocycles. The molecule has 164 valence electrons. The van der Waals surface area contributed by atoms with Crippen molar-refractivity contribution in [3.05, 3.63) is 0 Å². The van der Waals surface area contributed by atoms with Gasteiger partial charge in [-0.3, -0.25) is 9.69 Å². The number of aliphatic hydroxyl groups excluding tert-OH is 1. The summed E-state index contributed by atoms with van der Waals surface area (Å²) in [6.07, 6.45) is -1.42. The van der Waals surface area contributed by atoms with Crippen molar-refractivity contribution < 1.29 is 28.6 Å². The number of esters is 1. The van der Waals surface area contributed by atoms with Crippen LogP contribution in [-0.4, -0.2) is 67.4 Å².